The van der Waals surface area contributed by atoms with Crippen LogP contribution in [0.15, 0.2) is 48.7 Å². The smallest absolute Gasteiger partial charge is 0.262 e. The summed E-state index contributed by atoms with van der Waals surface area (Å²) in [4.78, 5) is 23.9. The molecule has 27 heavy (non-hydrogen) atoms. The van der Waals surface area contributed by atoms with Gasteiger partial charge in [-0.1, -0.05) is 13.8 Å². The second kappa shape index (κ2) is 6.79. The highest BCUT2D eigenvalue weighted by Gasteiger charge is 2.18. The lowest BCUT2D eigenvalue weighted by molar-refractivity contribution is -0.118. The molecule has 4 rings (SSSR count). The molecule has 3 aromatic rings. The number of ether oxygens (including phenoxy) is 1. The predicted octanol–water partition coefficient (Wildman–Crippen LogP) is 3.88. The number of aromatic nitrogens is 1. The predicted molar refractivity (Wildman–Crippen MR) is 105 cm³/mol. The molecular formula is C21H21N3O3. The van der Waals surface area contributed by atoms with E-state index in [1.807, 2.05) is 18.2 Å². The Morgan fingerprint density at radius 2 is 2.07 bits per heavy atom. The van der Waals surface area contributed by atoms with E-state index in [2.05, 4.69) is 41.3 Å². The summed E-state index contributed by atoms with van der Waals surface area (Å²) in [5, 5.41) is 6.73. The lowest BCUT2D eigenvalue weighted by Gasteiger charge is -2.18. The standard InChI is InChI=1S/C21H21N3O3/c1-13(2)11-24-8-7-14-9-16(4-6-18(14)24)22-21(26)15-3-5-17-19(10-15)27-12-20(25)23-17/h3-10,13H,11-12H2,1-2H3,(H,22,26)(H,23,25). The van der Waals surface area contributed by atoms with Crippen LogP contribution in [0.1, 0.15) is 24.2 Å². The normalized spacial score (nSPS) is 13.2. The van der Waals surface area contributed by atoms with Gasteiger partial charge in [-0.3, -0.25) is 9.59 Å². The first kappa shape index (κ1) is 17.1. The van der Waals surface area contributed by atoms with Gasteiger partial charge in [0, 0.05) is 34.9 Å². The third-order valence-corrected chi connectivity index (χ3v) is 4.47. The molecule has 2 N–H and O–H groups in total. The first-order valence-corrected chi connectivity index (χ1v) is 8.96. The molecule has 0 spiro atoms. The van der Waals surface area contributed by atoms with E-state index in [9.17, 15) is 9.59 Å². The molecule has 1 aromatic heterocycles. The van der Waals surface area contributed by atoms with Crippen molar-refractivity contribution in [3.05, 3.63) is 54.2 Å². The molecule has 138 valence electrons. The Morgan fingerprint density at radius 3 is 2.89 bits per heavy atom. The highest BCUT2D eigenvalue weighted by molar-refractivity contribution is 6.06. The van der Waals surface area contributed by atoms with Crippen LogP contribution in [0.25, 0.3) is 10.9 Å². The minimum absolute atomic E-state index is 0.0396. The second-order valence-electron chi connectivity index (χ2n) is 7.14. The van der Waals surface area contributed by atoms with E-state index in [4.69, 9.17) is 4.74 Å². The summed E-state index contributed by atoms with van der Waals surface area (Å²) >= 11 is 0. The van der Waals surface area contributed by atoms with Gasteiger partial charge in [0.25, 0.3) is 11.8 Å². The zero-order chi connectivity index (χ0) is 19.0. The van der Waals surface area contributed by atoms with Crippen molar-refractivity contribution in [2.75, 3.05) is 17.2 Å². The van der Waals surface area contributed by atoms with Crippen molar-refractivity contribution in [3.63, 3.8) is 0 Å². The van der Waals surface area contributed by atoms with Gasteiger partial charge in [-0.05, 0) is 48.4 Å². The molecule has 0 bridgehead atoms. The van der Waals surface area contributed by atoms with Gasteiger partial charge in [-0.2, -0.15) is 0 Å². The number of fused-ring (bicyclic) bond motifs is 2. The van der Waals surface area contributed by atoms with E-state index >= 15 is 0 Å². The van der Waals surface area contributed by atoms with Crippen molar-refractivity contribution < 1.29 is 14.3 Å². The Kier molecular flexibility index (Phi) is 4.32. The molecule has 0 atom stereocenters. The van der Waals surface area contributed by atoms with E-state index < -0.39 is 0 Å². The topological polar surface area (TPSA) is 72.4 Å². The summed E-state index contributed by atoms with van der Waals surface area (Å²) in [7, 11) is 0. The SMILES string of the molecule is CC(C)Cn1ccc2cc(NC(=O)c3ccc4c(c3)OCC(=O)N4)ccc21. The molecule has 1 aliphatic rings. The van der Waals surface area contributed by atoms with Gasteiger partial charge in [0.05, 0.1) is 5.69 Å². The number of hydrogen-bond acceptors (Lipinski definition) is 3. The van der Waals surface area contributed by atoms with E-state index in [0.717, 1.165) is 23.1 Å². The Hall–Kier alpha value is -3.28. The van der Waals surface area contributed by atoms with Crippen LogP contribution in [0.4, 0.5) is 11.4 Å². The number of nitrogens with one attached hydrogen (secondary N) is 2. The first-order chi connectivity index (χ1) is 13.0. The van der Waals surface area contributed by atoms with E-state index in [-0.39, 0.29) is 18.4 Å². The number of anilines is 2. The third kappa shape index (κ3) is 3.51. The first-order valence-electron chi connectivity index (χ1n) is 8.96. The molecule has 0 unspecified atom stereocenters. The summed E-state index contributed by atoms with van der Waals surface area (Å²) in [5.41, 5.74) is 2.94. The molecule has 0 fully saturated rings. The number of carbonyl (C=O) groups is 2. The Bertz CT molecular complexity index is 1040. The van der Waals surface area contributed by atoms with Crippen LogP contribution >= 0.6 is 0 Å². The van der Waals surface area contributed by atoms with Gasteiger partial charge in [0.2, 0.25) is 0 Å². The van der Waals surface area contributed by atoms with Gasteiger partial charge in [0.1, 0.15) is 5.75 Å². The lowest BCUT2D eigenvalue weighted by Crippen LogP contribution is -2.25. The number of amides is 2. The fourth-order valence-corrected chi connectivity index (χ4v) is 3.25. The van der Waals surface area contributed by atoms with E-state index in [0.29, 0.717) is 22.9 Å². The largest absolute Gasteiger partial charge is 0.482 e. The fourth-order valence-electron chi connectivity index (χ4n) is 3.25. The van der Waals surface area contributed by atoms with Crippen LogP contribution in [-0.4, -0.2) is 23.0 Å². The molecular weight excluding hydrogens is 342 g/mol. The number of nitrogens with zero attached hydrogens (tertiary/aromatic N) is 1. The Balaban J connectivity index is 1.53. The van der Waals surface area contributed by atoms with Crippen LogP contribution in [0.2, 0.25) is 0 Å². The van der Waals surface area contributed by atoms with Crippen LogP contribution in [0.3, 0.4) is 0 Å². The maximum absolute atomic E-state index is 12.6. The van der Waals surface area contributed by atoms with Crippen LogP contribution < -0.4 is 15.4 Å². The van der Waals surface area contributed by atoms with Crippen LogP contribution in [0.5, 0.6) is 5.75 Å². The van der Waals surface area contributed by atoms with Crippen molar-refractivity contribution in [3.8, 4) is 5.75 Å². The average molecular weight is 363 g/mol. The zero-order valence-corrected chi connectivity index (χ0v) is 15.3. The summed E-state index contributed by atoms with van der Waals surface area (Å²) in [6.07, 6.45) is 2.07. The van der Waals surface area contributed by atoms with E-state index in [1.165, 1.54) is 0 Å². The molecule has 2 heterocycles. The molecule has 2 aromatic carbocycles. The fraction of sp³-hybridized carbons (Fsp3) is 0.238. The number of benzene rings is 2. The summed E-state index contributed by atoms with van der Waals surface area (Å²) in [6.45, 7) is 5.30. The molecule has 0 saturated carbocycles. The monoisotopic (exact) mass is 363 g/mol. The molecule has 0 radical (unpaired) electrons. The van der Waals surface area contributed by atoms with Crippen molar-refractivity contribution in [2.45, 2.75) is 20.4 Å². The highest BCUT2D eigenvalue weighted by Crippen LogP contribution is 2.29. The second-order valence-corrected chi connectivity index (χ2v) is 7.14. The molecule has 0 aliphatic carbocycles. The highest BCUT2D eigenvalue weighted by atomic mass is 16.5. The minimum Gasteiger partial charge on any atom is -0.482 e. The minimum atomic E-state index is -0.223. The number of carbonyl (C=O) groups excluding carboxylic acids is 2. The van der Waals surface area contributed by atoms with Gasteiger partial charge in [0.15, 0.2) is 6.61 Å². The molecule has 1 aliphatic heterocycles. The van der Waals surface area contributed by atoms with Crippen molar-refractivity contribution in [1.29, 1.82) is 0 Å². The van der Waals surface area contributed by atoms with Gasteiger partial charge in [-0.15, -0.1) is 0 Å². The van der Waals surface area contributed by atoms with Crippen LogP contribution in [-0.2, 0) is 11.3 Å². The maximum atomic E-state index is 12.6. The number of rotatable bonds is 4. The Labute approximate surface area is 157 Å². The summed E-state index contributed by atoms with van der Waals surface area (Å²) in [5.74, 6) is 0.649. The van der Waals surface area contributed by atoms with Crippen molar-refractivity contribution in [2.24, 2.45) is 5.92 Å². The van der Waals surface area contributed by atoms with Crippen molar-refractivity contribution >= 4 is 34.1 Å². The molecule has 6 heteroatoms. The van der Waals surface area contributed by atoms with Crippen LogP contribution in [0, 0.1) is 5.92 Å². The third-order valence-electron chi connectivity index (χ3n) is 4.47. The molecule has 0 saturated heterocycles. The summed E-state index contributed by atoms with van der Waals surface area (Å²) in [6, 6.07) is 13.0. The number of hydrogen-bond donors (Lipinski definition) is 2. The molecule has 6 nitrogen and oxygen atoms in total. The summed E-state index contributed by atoms with van der Waals surface area (Å²) < 4.78 is 7.60. The Morgan fingerprint density at radius 1 is 1.22 bits per heavy atom. The average Bonchev–Trinajstić information content (AvgIpc) is 3.02. The van der Waals surface area contributed by atoms with Gasteiger partial charge >= 0.3 is 0 Å². The van der Waals surface area contributed by atoms with Gasteiger partial charge in [-0.25, -0.2) is 0 Å². The maximum Gasteiger partial charge on any atom is 0.262 e. The van der Waals surface area contributed by atoms with Gasteiger partial charge < -0.3 is 19.9 Å². The lowest BCUT2D eigenvalue weighted by atomic mass is 10.1. The molecule has 2 amide bonds. The quantitative estimate of drug-likeness (QED) is 0.739. The van der Waals surface area contributed by atoms with E-state index in [1.54, 1.807) is 18.2 Å². The zero-order valence-electron chi connectivity index (χ0n) is 15.3. The van der Waals surface area contributed by atoms with Crippen molar-refractivity contribution in [1.82, 2.24) is 4.57 Å².